The smallest absolute Gasteiger partial charge is 0.306 e. The molecule has 19 heavy (non-hydrogen) atoms. The van der Waals surface area contributed by atoms with Gasteiger partial charge in [-0.25, -0.2) is 0 Å². The number of carbonyl (C=O) groups is 2. The number of carbonyl (C=O) groups excluding carboxylic acids is 1. The molecule has 1 amide bonds. The summed E-state index contributed by atoms with van der Waals surface area (Å²) in [4.78, 5) is 21.8. The molecule has 0 saturated heterocycles. The highest BCUT2D eigenvalue weighted by atomic mass is 16.5. The SMILES string of the molecule is COc1ccc(C(C)(O)CC(=O)O)cc1NC(C)=O. The number of rotatable bonds is 5. The second-order valence-corrected chi connectivity index (χ2v) is 4.44. The van der Waals surface area contributed by atoms with Crippen molar-refractivity contribution in [2.45, 2.75) is 25.9 Å². The Kier molecular flexibility index (Phi) is 4.50. The second-order valence-electron chi connectivity index (χ2n) is 4.44. The lowest BCUT2D eigenvalue weighted by Crippen LogP contribution is -2.25. The first kappa shape index (κ1) is 15.0. The van der Waals surface area contributed by atoms with Gasteiger partial charge in [0.15, 0.2) is 0 Å². The number of nitrogens with one attached hydrogen (secondary N) is 1. The Hall–Kier alpha value is -2.08. The van der Waals surface area contributed by atoms with Crippen molar-refractivity contribution in [2.75, 3.05) is 12.4 Å². The zero-order chi connectivity index (χ0) is 14.6. The number of hydrogen-bond donors (Lipinski definition) is 3. The standard InChI is InChI=1S/C13H17NO5/c1-8(15)14-10-6-9(4-5-11(10)19-3)13(2,18)7-12(16)17/h4-6,18H,7H2,1-3H3,(H,14,15)(H,16,17). The minimum atomic E-state index is -1.52. The third kappa shape index (κ3) is 3.96. The fraction of sp³-hybridized carbons (Fsp3) is 0.385. The predicted molar refractivity (Wildman–Crippen MR) is 69.1 cm³/mol. The largest absolute Gasteiger partial charge is 0.495 e. The lowest BCUT2D eigenvalue weighted by molar-refractivity contribution is -0.142. The molecule has 104 valence electrons. The number of ether oxygens (including phenoxy) is 1. The van der Waals surface area contributed by atoms with Crippen LogP contribution in [0.4, 0.5) is 5.69 Å². The van der Waals surface area contributed by atoms with E-state index >= 15 is 0 Å². The Labute approximate surface area is 111 Å². The number of carboxylic acid groups (broad SMARTS) is 1. The van der Waals surface area contributed by atoms with Gasteiger partial charge in [-0.3, -0.25) is 9.59 Å². The van der Waals surface area contributed by atoms with Crippen LogP contribution in [-0.2, 0) is 15.2 Å². The highest BCUT2D eigenvalue weighted by molar-refractivity contribution is 5.90. The van der Waals surface area contributed by atoms with Crippen LogP contribution in [0.15, 0.2) is 18.2 Å². The maximum atomic E-state index is 11.1. The third-order valence-electron chi connectivity index (χ3n) is 2.63. The van der Waals surface area contributed by atoms with Crippen LogP contribution in [0, 0.1) is 0 Å². The van der Waals surface area contributed by atoms with Crippen LogP contribution in [0.2, 0.25) is 0 Å². The van der Waals surface area contributed by atoms with Crippen LogP contribution in [0.5, 0.6) is 5.75 Å². The van der Waals surface area contributed by atoms with Crippen molar-refractivity contribution in [1.82, 2.24) is 0 Å². The van der Waals surface area contributed by atoms with E-state index in [0.29, 0.717) is 17.0 Å². The van der Waals surface area contributed by atoms with E-state index in [9.17, 15) is 14.7 Å². The van der Waals surface area contributed by atoms with Crippen LogP contribution in [0.3, 0.4) is 0 Å². The van der Waals surface area contributed by atoms with E-state index in [1.807, 2.05) is 0 Å². The maximum absolute atomic E-state index is 11.1. The number of amides is 1. The molecule has 0 aliphatic rings. The number of methoxy groups -OCH3 is 1. The van der Waals surface area contributed by atoms with E-state index in [0.717, 1.165) is 0 Å². The molecule has 0 fully saturated rings. The molecule has 0 aliphatic carbocycles. The Morgan fingerprint density at radius 1 is 1.42 bits per heavy atom. The first-order valence-corrected chi connectivity index (χ1v) is 5.66. The Morgan fingerprint density at radius 3 is 2.53 bits per heavy atom. The summed E-state index contributed by atoms with van der Waals surface area (Å²) in [6.07, 6.45) is -0.432. The second kappa shape index (κ2) is 5.71. The van der Waals surface area contributed by atoms with E-state index < -0.39 is 18.0 Å². The fourth-order valence-electron chi connectivity index (χ4n) is 1.73. The summed E-state index contributed by atoms with van der Waals surface area (Å²) in [6.45, 7) is 2.75. The first-order valence-electron chi connectivity index (χ1n) is 5.66. The van der Waals surface area contributed by atoms with E-state index in [2.05, 4.69) is 5.32 Å². The number of carboxylic acids is 1. The topological polar surface area (TPSA) is 95.9 Å². The predicted octanol–water partition coefficient (Wildman–Crippen LogP) is 1.34. The molecule has 6 nitrogen and oxygen atoms in total. The number of anilines is 1. The Morgan fingerprint density at radius 2 is 2.05 bits per heavy atom. The van der Waals surface area contributed by atoms with Gasteiger partial charge in [-0.05, 0) is 24.6 Å². The molecule has 1 atom stereocenters. The van der Waals surface area contributed by atoms with Crippen LogP contribution >= 0.6 is 0 Å². The number of aliphatic carboxylic acids is 1. The average Bonchev–Trinajstić information content (AvgIpc) is 2.26. The van der Waals surface area contributed by atoms with Crippen molar-refractivity contribution in [3.05, 3.63) is 23.8 Å². The first-order chi connectivity index (χ1) is 8.76. The van der Waals surface area contributed by atoms with Crippen molar-refractivity contribution >= 4 is 17.6 Å². The number of benzene rings is 1. The normalized spacial score (nSPS) is 13.5. The van der Waals surface area contributed by atoms with Crippen LogP contribution in [0.25, 0.3) is 0 Å². The van der Waals surface area contributed by atoms with E-state index in [1.165, 1.54) is 27.0 Å². The van der Waals surface area contributed by atoms with Crippen molar-refractivity contribution in [1.29, 1.82) is 0 Å². The minimum absolute atomic E-state index is 0.284. The summed E-state index contributed by atoms with van der Waals surface area (Å²) in [7, 11) is 1.45. The minimum Gasteiger partial charge on any atom is -0.495 e. The molecule has 0 heterocycles. The van der Waals surface area contributed by atoms with Gasteiger partial charge in [-0.1, -0.05) is 6.07 Å². The molecule has 3 N–H and O–H groups in total. The van der Waals surface area contributed by atoms with Gasteiger partial charge >= 0.3 is 5.97 Å². The van der Waals surface area contributed by atoms with Crippen molar-refractivity contribution < 1.29 is 24.5 Å². The highest BCUT2D eigenvalue weighted by Crippen LogP contribution is 2.32. The highest BCUT2D eigenvalue weighted by Gasteiger charge is 2.27. The summed E-state index contributed by atoms with van der Waals surface area (Å²) in [5, 5.41) is 21.5. The van der Waals surface area contributed by atoms with Gasteiger partial charge in [0.05, 0.1) is 24.8 Å². The van der Waals surface area contributed by atoms with Crippen LogP contribution < -0.4 is 10.1 Å². The molecule has 0 saturated carbocycles. The monoisotopic (exact) mass is 267 g/mol. The van der Waals surface area contributed by atoms with Gasteiger partial charge in [0.2, 0.25) is 5.91 Å². The molecule has 1 aromatic carbocycles. The molecular weight excluding hydrogens is 250 g/mol. The Balaban J connectivity index is 3.16. The third-order valence-corrected chi connectivity index (χ3v) is 2.63. The molecule has 1 rings (SSSR count). The van der Waals surface area contributed by atoms with Gasteiger partial charge in [-0.15, -0.1) is 0 Å². The lowest BCUT2D eigenvalue weighted by Gasteiger charge is -2.23. The average molecular weight is 267 g/mol. The number of hydrogen-bond acceptors (Lipinski definition) is 4. The van der Waals surface area contributed by atoms with Gasteiger partial charge in [0.1, 0.15) is 5.75 Å². The summed E-state index contributed by atoms with van der Waals surface area (Å²) >= 11 is 0. The summed E-state index contributed by atoms with van der Waals surface area (Å²) < 4.78 is 5.08. The molecule has 0 bridgehead atoms. The summed E-state index contributed by atoms with van der Waals surface area (Å²) in [5.74, 6) is -0.958. The molecule has 0 aliphatic heterocycles. The molecule has 0 aromatic heterocycles. The van der Waals surface area contributed by atoms with Crippen molar-refractivity contribution in [3.63, 3.8) is 0 Å². The quantitative estimate of drug-likeness (QED) is 0.748. The van der Waals surface area contributed by atoms with Crippen molar-refractivity contribution in [2.24, 2.45) is 0 Å². The van der Waals surface area contributed by atoms with Crippen molar-refractivity contribution in [3.8, 4) is 5.75 Å². The maximum Gasteiger partial charge on any atom is 0.306 e. The van der Waals surface area contributed by atoms with Gasteiger partial charge in [0, 0.05) is 6.92 Å². The number of aliphatic hydroxyl groups is 1. The van der Waals surface area contributed by atoms with E-state index in [-0.39, 0.29) is 5.91 Å². The molecular formula is C13H17NO5. The van der Waals surface area contributed by atoms with E-state index in [4.69, 9.17) is 9.84 Å². The summed E-state index contributed by atoms with van der Waals surface area (Å²) in [6, 6.07) is 4.63. The van der Waals surface area contributed by atoms with Gasteiger partial charge in [0.25, 0.3) is 0 Å². The molecule has 6 heteroatoms. The molecule has 0 spiro atoms. The molecule has 0 radical (unpaired) electrons. The molecule has 1 aromatic rings. The van der Waals surface area contributed by atoms with Gasteiger partial charge in [-0.2, -0.15) is 0 Å². The lowest BCUT2D eigenvalue weighted by atomic mass is 9.92. The summed E-state index contributed by atoms with van der Waals surface area (Å²) in [5.41, 5.74) is -0.747. The van der Waals surface area contributed by atoms with Crippen LogP contribution in [0.1, 0.15) is 25.8 Å². The molecule has 1 unspecified atom stereocenters. The van der Waals surface area contributed by atoms with Gasteiger partial charge < -0.3 is 20.3 Å². The zero-order valence-corrected chi connectivity index (χ0v) is 11.1. The zero-order valence-electron chi connectivity index (χ0n) is 11.1. The van der Waals surface area contributed by atoms with E-state index in [1.54, 1.807) is 12.1 Å². The fourth-order valence-corrected chi connectivity index (χ4v) is 1.73. The Bertz CT molecular complexity index is 496. The van der Waals surface area contributed by atoms with Crippen LogP contribution in [-0.4, -0.2) is 29.2 Å².